The van der Waals surface area contributed by atoms with Gasteiger partial charge in [0.05, 0.1) is 0 Å². The summed E-state index contributed by atoms with van der Waals surface area (Å²) in [7, 11) is -26.3. The van der Waals surface area contributed by atoms with Gasteiger partial charge in [-0.25, -0.2) is 0 Å². The third-order valence-corrected chi connectivity index (χ3v) is 41.0. The van der Waals surface area contributed by atoms with Crippen LogP contribution in [-0.4, -0.2) is 90.9 Å². The first kappa shape index (κ1) is 36.7. The predicted molar refractivity (Wildman–Crippen MR) is 158 cm³/mol. The molecule has 35 heavy (non-hydrogen) atoms. The van der Waals surface area contributed by atoms with E-state index in [9.17, 15) is 0 Å². The molecule has 0 aromatic heterocycles. The molecular formula is C13H48O12Si10. The minimum absolute atomic E-state index is 0. The zero-order chi connectivity index (χ0) is 24.1. The van der Waals surface area contributed by atoms with Gasteiger partial charge in [-0.1, -0.05) is 41.9 Å². The highest BCUT2D eigenvalue weighted by Gasteiger charge is 2.72. The molecule has 3 fully saturated rings. The maximum atomic E-state index is 6.55. The Labute approximate surface area is 227 Å². The predicted octanol–water partition coefficient (Wildman–Crippen LogP) is 1.51. The van der Waals surface area contributed by atoms with E-state index >= 15 is 0 Å². The van der Waals surface area contributed by atoms with E-state index in [1.807, 2.05) is 39.3 Å². The third kappa shape index (κ3) is 8.84. The Balaban J connectivity index is 0.00000385. The van der Waals surface area contributed by atoms with Gasteiger partial charge in [0.25, 0.3) is 0 Å². The van der Waals surface area contributed by atoms with Crippen LogP contribution in [0.5, 0.6) is 0 Å². The molecule has 0 saturated carbocycles. The minimum Gasteiger partial charge on any atom is -0.423 e. The van der Waals surface area contributed by atoms with E-state index in [0.717, 1.165) is 0 Å². The van der Waals surface area contributed by atoms with Crippen molar-refractivity contribution in [1.29, 1.82) is 0 Å². The Morgan fingerprint density at radius 2 is 0.543 bits per heavy atom. The van der Waals surface area contributed by atoms with Crippen LogP contribution >= 0.6 is 0 Å². The first-order valence-corrected chi connectivity index (χ1v) is 32.3. The Bertz CT molecular complexity index is 600. The summed E-state index contributed by atoms with van der Waals surface area (Å²) in [4.78, 5) is 0. The summed E-state index contributed by atoms with van der Waals surface area (Å²) in [6.45, 7) is 18.7. The summed E-state index contributed by atoms with van der Waals surface area (Å²) < 4.78 is 77.3. The van der Waals surface area contributed by atoms with Crippen LogP contribution in [0.25, 0.3) is 0 Å². The molecule has 3 saturated heterocycles. The number of hydrogen-bond donors (Lipinski definition) is 0. The summed E-state index contributed by atoms with van der Waals surface area (Å²) in [5.41, 5.74) is 0. The van der Waals surface area contributed by atoms with Crippen LogP contribution in [0.2, 0.25) is 65.5 Å². The van der Waals surface area contributed by atoms with Gasteiger partial charge < -0.3 is 49.4 Å². The fraction of sp³-hybridized carbons (Fsp3) is 1.00. The lowest BCUT2D eigenvalue weighted by Gasteiger charge is -2.55. The molecule has 4 bridgehead atoms. The van der Waals surface area contributed by atoms with Crippen molar-refractivity contribution in [3.8, 4) is 0 Å². The molecule has 0 aromatic rings. The van der Waals surface area contributed by atoms with Crippen LogP contribution in [0.15, 0.2) is 0 Å². The normalized spacial score (nSPS) is 48.5. The van der Waals surface area contributed by atoms with E-state index in [4.69, 9.17) is 49.4 Å². The molecule has 12 nitrogen and oxygen atoms in total. The monoisotopic (exact) mass is 676 g/mol. The van der Waals surface area contributed by atoms with Gasteiger partial charge in [0.1, 0.15) is 29.3 Å². The first-order valence-electron chi connectivity index (χ1n) is 10.8. The Hall–Kier alpha value is 1.69. The van der Waals surface area contributed by atoms with E-state index < -0.39 is 90.9 Å². The lowest BCUT2D eigenvalue weighted by molar-refractivity contribution is 0.0261. The SMILES string of the molecule is C.C.C.C[SiH2]O[Si]1(C)O[Si]2(C)O[Si](C)(O[SiH2]C)O[Si]3(C)O[Si](C)(O[SiH2]C)O[Si](C)(O1)O[Si](C)(O2)O3. The maximum absolute atomic E-state index is 6.55. The number of fused-ring (bicyclic) bond motifs is 3. The quantitative estimate of drug-likeness (QED) is 0.381. The van der Waals surface area contributed by atoms with Crippen molar-refractivity contribution < 1.29 is 49.4 Å². The molecule has 0 amide bonds. The molecule has 0 aliphatic carbocycles. The molecule has 0 N–H and O–H groups in total. The van der Waals surface area contributed by atoms with E-state index in [0.29, 0.717) is 0 Å². The first-order chi connectivity index (χ1) is 14.5. The number of rotatable bonds is 6. The smallest absolute Gasteiger partial charge is 0.423 e. The Morgan fingerprint density at radius 3 is 0.714 bits per heavy atom. The molecule has 212 valence electrons. The van der Waals surface area contributed by atoms with Crippen molar-refractivity contribution in [2.24, 2.45) is 0 Å². The molecule has 0 atom stereocenters. The minimum atomic E-state index is -3.45. The van der Waals surface area contributed by atoms with Gasteiger partial charge in [-0.15, -0.1) is 0 Å². The highest BCUT2D eigenvalue weighted by Crippen LogP contribution is 2.42. The van der Waals surface area contributed by atoms with Crippen molar-refractivity contribution in [2.45, 2.75) is 87.8 Å². The van der Waals surface area contributed by atoms with Crippen LogP contribution in [0.3, 0.4) is 0 Å². The second-order valence-corrected chi connectivity index (χ2v) is 32.9. The topological polar surface area (TPSA) is 111 Å². The largest absolute Gasteiger partial charge is 0.475 e. The lowest BCUT2D eigenvalue weighted by Crippen LogP contribution is -2.80. The van der Waals surface area contributed by atoms with Crippen molar-refractivity contribution in [2.75, 3.05) is 0 Å². The highest BCUT2D eigenvalue weighted by molar-refractivity contribution is 6.98. The van der Waals surface area contributed by atoms with Gasteiger partial charge >= 0.3 is 61.6 Å². The molecular weight excluding hydrogens is 629 g/mol. The van der Waals surface area contributed by atoms with E-state index in [1.165, 1.54) is 0 Å². The average molecular weight is 677 g/mol. The Kier molecular flexibility index (Phi) is 13.1. The van der Waals surface area contributed by atoms with Crippen LogP contribution in [0.4, 0.5) is 0 Å². The zero-order valence-corrected chi connectivity index (χ0v) is 31.8. The van der Waals surface area contributed by atoms with Crippen molar-refractivity contribution >= 4 is 90.9 Å². The van der Waals surface area contributed by atoms with E-state index in [2.05, 4.69) is 0 Å². The summed E-state index contributed by atoms with van der Waals surface area (Å²) in [6.07, 6.45) is 0. The zero-order valence-electron chi connectivity index (χ0n) is 20.5. The van der Waals surface area contributed by atoms with E-state index in [-0.39, 0.29) is 22.3 Å². The van der Waals surface area contributed by atoms with Gasteiger partial charge in [0.2, 0.25) is 0 Å². The van der Waals surface area contributed by atoms with Gasteiger partial charge in [0.15, 0.2) is 0 Å². The molecule has 3 aliphatic heterocycles. The van der Waals surface area contributed by atoms with Gasteiger partial charge in [-0.2, -0.15) is 0 Å². The average Bonchev–Trinajstić information content (AvgIpc) is 2.47. The molecule has 0 aromatic carbocycles. The summed E-state index contributed by atoms with van der Waals surface area (Å²) >= 11 is 0. The molecule has 3 rings (SSSR count). The number of hydrogen-bond acceptors (Lipinski definition) is 12. The van der Waals surface area contributed by atoms with Crippen molar-refractivity contribution in [3.05, 3.63) is 0 Å². The fourth-order valence-corrected chi connectivity index (χ4v) is 47.6. The van der Waals surface area contributed by atoms with Crippen LogP contribution in [0.1, 0.15) is 22.3 Å². The van der Waals surface area contributed by atoms with Crippen LogP contribution in [0, 0.1) is 0 Å². The maximum Gasteiger partial charge on any atom is 0.475 e. The Morgan fingerprint density at radius 1 is 0.371 bits per heavy atom. The molecule has 3 heterocycles. The van der Waals surface area contributed by atoms with Crippen molar-refractivity contribution in [1.82, 2.24) is 0 Å². The highest BCUT2D eigenvalue weighted by atomic mass is 28.6. The lowest BCUT2D eigenvalue weighted by atomic mass is 11.9. The molecule has 22 heteroatoms. The summed E-state index contributed by atoms with van der Waals surface area (Å²) in [6, 6.07) is 0. The standard InChI is InChI=1S/C10H36O12Si10.3CH4/c1-23-11-26(4)14-29(7)16-27(5,12-24-2)18-31(9)19-28(6,13-25-3)17-30(8,15-26)21-32(10,20-29)22-31;;;/h23-25H2,1-10H3;3*1H4. The summed E-state index contributed by atoms with van der Waals surface area (Å²) in [5, 5.41) is 0. The van der Waals surface area contributed by atoms with Crippen molar-refractivity contribution in [3.63, 3.8) is 0 Å². The second kappa shape index (κ2) is 12.5. The van der Waals surface area contributed by atoms with Crippen LogP contribution in [-0.2, 0) is 49.4 Å². The summed E-state index contributed by atoms with van der Waals surface area (Å²) in [5.74, 6) is 0. The van der Waals surface area contributed by atoms with E-state index in [1.54, 1.807) is 26.2 Å². The van der Waals surface area contributed by atoms with Gasteiger partial charge in [-0.3, -0.25) is 0 Å². The molecule has 3 aliphatic rings. The van der Waals surface area contributed by atoms with Gasteiger partial charge in [-0.05, 0) is 0 Å². The molecule has 0 radical (unpaired) electrons. The van der Waals surface area contributed by atoms with Crippen LogP contribution < -0.4 is 0 Å². The second-order valence-electron chi connectivity index (χ2n) is 8.25. The fourth-order valence-electron chi connectivity index (χ4n) is 4.31. The van der Waals surface area contributed by atoms with Gasteiger partial charge in [0, 0.05) is 45.8 Å². The molecule has 0 spiro atoms. The molecule has 0 unspecified atom stereocenters. The third-order valence-electron chi connectivity index (χ3n) is 4.56.